The standard InChI is InChI=1S/C20H24N2O3/c1-24-18-4-2-3-15(11-18)13-22(16-5-7-17(23)8-6-16)14-20-10-9-19(12-21)25-20/h2-4,9-11,16-17,23H,5-8,13-14H2,1H3. The SMILES string of the molecule is COc1cccc(CN(Cc2ccc(C#N)o2)C2CCC(O)CC2)c1. The molecule has 1 aromatic carbocycles. The van der Waals surface area contributed by atoms with Gasteiger partial charge in [-0.2, -0.15) is 5.26 Å². The third-order valence-electron chi connectivity index (χ3n) is 4.83. The first-order valence-corrected chi connectivity index (χ1v) is 8.72. The Morgan fingerprint density at radius 1 is 1.20 bits per heavy atom. The Labute approximate surface area is 148 Å². The van der Waals surface area contributed by atoms with E-state index >= 15 is 0 Å². The van der Waals surface area contributed by atoms with Gasteiger partial charge in [-0.3, -0.25) is 4.90 Å². The zero-order valence-corrected chi connectivity index (χ0v) is 14.5. The van der Waals surface area contributed by atoms with Gasteiger partial charge in [0.25, 0.3) is 0 Å². The summed E-state index contributed by atoms with van der Waals surface area (Å²) in [6, 6.07) is 14.1. The molecular weight excluding hydrogens is 316 g/mol. The van der Waals surface area contributed by atoms with Gasteiger partial charge < -0.3 is 14.3 Å². The second-order valence-corrected chi connectivity index (χ2v) is 6.60. The summed E-state index contributed by atoms with van der Waals surface area (Å²) >= 11 is 0. The van der Waals surface area contributed by atoms with Gasteiger partial charge in [0.05, 0.1) is 19.8 Å². The van der Waals surface area contributed by atoms with Crippen molar-refractivity contribution in [3.63, 3.8) is 0 Å². The van der Waals surface area contributed by atoms with Gasteiger partial charge >= 0.3 is 0 Å². The normalized spacial score (nSPS) is 20.4. The number of ether oxygens (including phenoxy) is 1. The van der Waals surface area contributed by atoms with E-state index in [0.29, 0.717) is 18.3 Å². The van der Waals surface area contributed by atoms with Crippen molar-refractivity contribution < 1.29 is 14.3 Å². The first-order chi connectivity index (χ1) is 12.2. The fourth-order valence-corrected chi connectivity index (χ4v) is 3.47. The van der Waals surface area contributed by atoms with Crippen molar-refractivity contribution in [2.75, 3.05) is 7.11 Å². The minimum Gasteiger partial charge on any atom is -0.497 e. The number of benzene rings is 1. The second-order valence-electron chi connectivity index (χ2n) is 6.60. The van der Waals surface area contributed by atoms with Gasteiger partial charge in [0.2, 0.25) is 5.76 Å². The lowest BCUT2D eigenvalue weighted by Crippen LogP contribution is -2.38. The molecule has 1 fully saturated rings. The van der Waals surface area contributed by atoms with Crippen LogP contribution < -0.4 is 4.74 Å². The minimum absolute atomic E-state index is 0.177. The van der Waals surface area contributed by atoms with Crippen molar-refractivity contribution in [3.05, 3.63) is 53.5 Å². The van der Waals surface area contributed by atoms with Gasteiger partial charge in [-0.25, -0.2) is 0 Å². The van der Waals surface area contributed by atoms with Crippen LogP contribution in [0.3, 0.4) is 0 Å². The Morgan fingerprint density at radius 2 is 2.00 bits per heavy atom. The van der Waals surface area contributed by atoms with E-state index in [1.54, 1.807) is 13.2 Å². The number of hydrogen-bond donors (Lipinski definition) is 1. The molecule has 0 saturated heterocycles. The van der Waals surface area contributed by atoms with Crippen LogP contribution in [-0.4, -0.2) is 29.3 Å². The zero-order chi connectivity index (χ0) is 17.6. The summed E-state index contributed by atoms with van der Waals surface area (Å²) in [5.41, 5.74) is 1.18. The Balaban J connectivity index is 1.76. The molecule has 2 aromatic rings. The highest BCUT2D eigenvalue weighted by atomic mass is 16.5. The van der Waals surface area contributed by atoms with E-state index in [4.69, 9.17) is 14.4 Å². The molecule has 0 spiro atoms. The van der Waals surface area contributed by atoms with Crippen LogP contribution in [0.5, 0.6) is 5.75 Å². The molecule has 1 aliphatic rings. The quantitative estimate of drug-likeness (QED) is 0.872. The van der Waals surface area contributed by atoms with Crippen LogP contribution in [0, 0.1) is 11.3 Å². The Hall–Kier alpha value is -2.29. The van der Waals surface area contributed by atoms with Crippen molar-refractivity contribution >= 4 is 0 Å². The summed E-state index contributed by atoms with van der Waals surface area (Å²) in [4.78, 5) is 2.38. The molecule has 0 radical (unpaired) electrons. The molecule has 5 nitrogen and oxygen atoms in total. The van der Waals surface area contributed by atoms with Gasteiger partial charge in [-0.1, -0.05) is 12.1 Å². The molecule has 3 rings (SSSR count). The van der Waals surface area contributed by atoms with Gasteiger partial charge in [-0.15, -0.1) is 0 Å². The summed E-state index contributed by atoms with van der Waals surface area (Å²) in [6.45, 7) is 1.43. The van der Waals surface area contributed by atoms with E-state index in [1.807, 2.05) is 30.3 Å². The lowest BCUT2D eigenvalue weighted by molar-refractivity contribution is 0.0632. The fraction of sp³-hybridized carbons (Fsp3) is 0.450. The van der Waals surface area contributed by atoms with Gasteiger partial charge in [0.1, 0.15) is 17.6 Å². The lowest BCUT2D eigenvalue weighted by atomic mass is 9.91. The van der Waals surface area contributed by atoms with Crippen LogP contribution >= 0.6 is 0 Å². The van der Waals surface area contributed by atoms with E-state index in [9.17, 15) is 5.11 Å². The van der Waals surface area contributed by atoms with Crippen molar-refractivity contribution in [1.82, 2.24) is 4.90 Å². The molecule has 1 saturated carbocycles. The average Bonchev–Trinajstić information content (AvgIpc) is 3.10. The molecule has 132 valence electrons. The molecule has 1 N–H and O–H groups in total. The molecule has 0 bridgehead atoms. The topological polar surface area (TPSA) is 69.6 Å². The summed E-state index contributed by atoms with van der Waals surface area (Å²) in [5.74, 6) is 1.99. The van der Waals surface area contributed by atoms with Crippen LogP contribution in [0.1, 0.15) is 42.8 Å². The van der Waals surface area contributed by atoms with E-state index in [0.717, 1.165) is 43.7 Å². The Kier molecular flexibility index (Phi) is 5.75. The first-order valence-electron chi connectivity index (χ1n) is 8.72. The highest BCUT2D eigenvalue weighted by Crippen LogP contribution is 2.27. The first kappa shape index (κ1) is 17.5. The number of aliphatic hydroxyl groups is 1. The molecule has 1 aliphatic carbocycles. The lowest BCUT2D eigenvalue weighted by Gasteiger charge is -2.35. The third kappa shape index (κ3) is 4.62. The molecule has 0 unspecified atom stereocenters. The largest absolute Gasteiger partial charge is 0.497 e. The number of nitrogens with zero attached hydrogens (tertiary/aromatic N) is 2. The smallest absolute Gasteiger partial charge is 0.203 e. The van der Waals surface area contributed by atoms with Crippen molar-refractivity contribution in [2.24, 2.45) is 0 Å². The summed E-state index contributed by atoms with van der Waals surface area (Å²) in [5, 5.41) is 18.8. The molecule has 0 amide bonds. The highest BCUT2D eigenvalue weighted by molar-refractivity contribution is 5.28. The van der Waals surface area contributed by atoms with Crippen LogP contribution in [0.2, 0.25) is 0 Å². The molecule has 0 atom stereocenters. The van der Waals surface area contributed by atoms with Crippen LogP contribution in [0.4, 0.5) is 0 Å². The van der Waals surface area contributed by atoms with Gasteiger partial charge in [0.15, 0.2) is 0 Å². The zero-order valence-electron chi connectivity index (χ0n) is 14.5. The number of methoxy groups -OCH3 is 1. The van der Waals surface area contributed by atoms with Gasteiger partial charge in [-0.05, 0) is 55.5 Å². The number of aliphatic hydroxyl groups excluding tert-OH is 1. The Bertz CT molecular complexity index is 727. The van der Waals surface area contributed by atoms with E-state index < -0.39 is 0 Å². The van der Waals surface area contributed by atoms with Gasteiger partial charge in [0, 0.05) is 12.6 Å². The average molecular weight is 340 g/mol. The maximum absolute atomic E-state index is 9.80. The predicted octanol–water partition coefficient (Wildman–Crippen LogP) is 3.47. The van der Waals surface area contributed by atoms with Crippen molar-refractivity contribution in [3.8, 4) is 11.8 Å². The molecule has 1 heterocycles. The minimum atomic E-state index is -0.177. The summed E-state index contributed by atoms with van der Waals surface area (Å²) < 4.78 is 10.9. The predicted molar refractivity (Wildman–Crippen MR) is 93.9 cm³/mol. The van der Waals surface area contributed by atoms with Crippen LogP contribution in [0.25, 0.3) is 0 Å². The maximum atomic E-state index is 9.80. The van der Waals surface area contributed by atoms with E-state index in [1.165, 1.54) is 5.56 Å². The van der Waals surface area contributed by atoms with Crippen molar-refractivity contribution in [2.45, 2.75) is 50.9 Å². The summed E-state index contributed by atoms with van der Waals surface area (Å²) in [7, 11) is 1.67. The Morgan fingerprint density at radius 3 is 2.68 bits per heavy atom. The third-order valence-corrected chi connectivity index (χ3v) is 4.83. The van der Waals surface area contributed by atoms with Crippen LogP contribution in [0.15, 0.2) is 40.8 Å². The van der Waals surface area contributed by atoms with Crippen molar-refractivity contribution in [1.29, 1.82) is 5.26 Å². The second kappa shape index (κ2) is 8.19. The maximum Gasteiger partial charge on any atom is 0.203 e. The number of nitriles is 1. The molecular formula is C20H24N2O3. The van der Waals surface area contributed by atoms with E-state index in [2.05, 4.69) is 11.0 Å². The molecule has 1 aromatic heterocycles. The van der Waals surface area contributed by atoms with E-state index in [-0.39, 0.29) is 6.10 Å². The summed E-state index contributed by atoms with van der Waals surface area (Å²) in [6.07, 6.45) is 3.43. The fourth-order valence-electron chi connectivity index (χ4n) is 3.47. The molecule has 5 heteroatoms. The number of furan rings is 1. The molecule has 25 heavy (non-hydrogen) atoms. The highest BCUT2D eigenvalue weighted by Gasteiger charge is 2.26. The van der Waals surface area contributed by atoms with Crippen LogP contribution in [-0.2, 0) is 13.1 Å². The number of hydrogen-bond acceptors (Lipinski definition) is 5. The molecule has 0 aliphatic heterocycles. The number of rotatable bonds is 6. The monoisotopic (exact) mass is 340 g/mol.